The first-order valence-electron chi connectivity index (χ1n) is 8.86. The summed E-state index contributed by atoms with van der Waals surface area (Å²) < 4.78 is 30.9. The molecule has 0 aliphatic carbocycles. The normalized spacial score (nSPS) is 16.2. The molecule has 0 saturated heterocycles. The number of nitrogens with one attached hydrogen (secondary N) is 1. The number of ether oxygens (including phenoxy) is 1. The van der Waals surface area contributed by atoms with Gasteiger partial charge in [-0.15, -0.1) is 0 Å². The molecule has 2 aromatic carbocycles. The Morgan fingerprint density at radius 1 is 1.25 bits per heavy atom. The van der Waals surface area contributed by atoms with E-state index in [1.165, 1.54) is 6.07 Å². The molecule has 1 aliphatic heterocycles. The van der Waals surface area contributed by atoms with Gasteiger partial charge in [0.2, 0.25) is 0 Å². The summed E-state index contributed by atoms with van der Waals surface area (Å²) in [7, 11) is 0. The van der Waals surface area contributed by atoms with Crippen molar-refractivity contribution in [3.63, 3.8) is 0 Å². The van der Waals surface area contributed by atoms with E-state index in [1.54, 1.807) is 43.1 Å². The van der Waals surface area contributed by atoms with Crippen LogP contribution in [0.2, 0.25) is 0 Å². The number of rotatable bonds is 4. The molecule has 144 valence electrons. The van der Waals surface area contributed by atoms with Crippen LogP contribution in [0.3, 0.4) is 0 Å². The van der Waals surface area contributed by atoms with Gasteiger partial charge in [0.25, 0.3) is 0 Å². The minimum atomic E-state index is -3.00. The Bertz CT molecular complexity index is 1100. The lowest BCUT2D eigenvalue weighted by molar-refractivity contribution is -0.110. The van der Waals surface area contributed by atoms with Crippen molar-refractivity contribution >= 4 is 10.9 Å². The number of fused-ring (bicyclic) bond motifs is 2. The molecule has 2 heterocycles. The van der Waals surface area contributed by atoms with Gasteiger partial charge in [-0.2, -0.15) is 14.0 Å². The standard InChI is InChI=1S/C21H19F2N3O2/c1-12-7-17(28-20(22)23)18(16-5-6-25-19(12)16)21(2,27)26-10-14-4-3-13(9-24)8-15(14)11-26/h3-8,20,25,27H,10-11H2,1-2H3. The van der Waals surface area contributed by atoms with E-state index in [9.17, 15) is 13.9 Å². The van der Waals surface area contributed by atoms with E-state index in [4.69, 9.17) is 10.00 Å². The molecule has 1 unspecified atom stereocenters. The minimum absolute atomic E-state index is 0.0433. The molecule has 0 amide bonds. The van der Waals surface area contributed by atoms with Crippen molar-refractivity contribution in [1.29, 1.82) is 5.26 Å². The van der Waals surface area contributed by atoms with Crippen LogP contribution in [0.15, 0.2) is 36.5 Å². The van der Waals surface area contributed by atoms with Crippen LogP contribution in [-0.4, -0.2) is 21.6 Å². The maximum atomic E-state index is 13.1. The predicted octanol–water partition coefficient (Wildman–Crippen LogP) is 4.13. The lowest BCUT2D eigenvalue weighted by Crippen LogP contribution is -2.41. The first-order chi connectivity index (χ1) is 13.3. The average molecular weight is 383 g/mol. The van der Waals surface area contributed by atoms with Gasteiger partial charge in [0.05, 0.1) is 11.6 Å². The molecular weight excluding hydrogens is 364 g/mol. The quantitative estimate of drug-likeness (QED) is 0.711. The first-order valence-corrected chi connectivity index (χ1v) is 8.86. The lowest BCUT2D eigenvalue weighted by atomic mass is 9.95. The summed E-state index contributed by atoms with van der Waals surface area (Å²) >= 11 is 0. The summed E-state index contributed by atoms with van der Waals surface area (Å²) in [5.41, 5.74) is 2.72. The van der Waals surface area contributed by atoms with Crippen LogP contribution >= 0.6 is 0 Å². The molecule has 28 heavy (non-hydrogen) atoms. The van der Waals surface area contributed by atoms with Crippen molar-refractivity contribution in [3.05, 3.63) is 64.3 Å². The van der Waals surface area contributed by atoms with Crippen LogP contribution in [0.1, 0.15) is 34.7 Å². The zero-order valence-corrected chi connectivity index (χ0v) is 15.5. The summed E-state index contributed by atoms with van der Waals surface area (Å²) in [5, 5.41) is 21.3. The number of aromatic nitrogens is 1. The number of H-pyrrole nitrogens is 1. The van der Waals surface area contributed by atoms with Crippen LogP contribution in [0, 0.1) is 18.3 Å². The van der Waals surface area contributed by atoms with Gasteiger partial charge in [-0.25, -0.2) is 0 Å². The van der Waals surface area contributed by atoms with Crippen molar-refractivity contribution in [2.75, 3.05) is 0 Å². The molecule has 3 aromatic rings. The van der Waals surface area contributed by atoms with Crippen LogP contribution in [0.5, 0.6) is 5.75 Å². The highest BCUT2D eigenvalue weighted by Crippen LogP contribution is 2.43. The largest absolute Gasteiger partial charge is 0.434 e. The molecule has 0 bridgehead atoms. The maximum Gasteiger partial charge on any atom is 0.387 e. The summed E-state index contributed by atoms with van der Waals surface area (Å²) in [4.78, 5) is 4.88. The van der Waals surface area contributed by atoms with Gasteiger partial charge in [0.15, 0.2) is 0 Å². The highest BCUT2D eigenvalue weighted by Gasteiger charge is 2.39. The lowest BCUT2D eigenvalue weighted by Gasteiger charge is -2.36. The van der Waals surface area contributed by atoms with Gasteiger partial charge in [0.1, 0.15) is 11.5 Å². The molecular formula is C21H19F2N3O2. The average Bonchev–Trinajstić information content (AvgIpc) is 3.27. The third-order valence-corrected chi connectivity index (χ3v) is 5.37. The Kier molecular flexibility index (Phi) is 4.33. The highest BCUT2D eigenvalue weighted by atomic mass is 19.3. The Hall–Kier alpha value is -2.95. The molecule has 5 nitrogen and oxygen atoms in total. The Balaban J connectivity index is 1.81. The molecule has 1 atom stereocenters. The van der Waals surface area contributed by atoms with E-state index in [-0.39, 0.29) is 5.75 Å². The predicted molar refractivity (Wildman–Crippen MR) is 99.6 cm³/mol. The number of nitrogens with zero attached hydrogens (tertiary/aromatic N) is 2. The SMILES string of the molecule is Cc1cc(OC(F)F)c(C(C)(O)N2Cc3ccc(C#N)cc3C2)c2cc[nH]c12. The Morgan fingerprint density at radius 2 is 2.00 bits per heavy atom. The van der Waals surface area contributed by atoms with Crippen molar-refractivity contribution < 1.29 is 18.6 Å². The smallest absolute Gasteiger partial charge is 0.387 e. The zero-order valence-electron chi connectivity index (χ0n) is 15.5. The fourth-order valence-corrected chi connectivity index (χ4v) is 3.99. The monoisotopic (exact) mass is 383 g/mol. The number of aliphatic hydroxyl groups is 1. The number of alkyl halides is 2. The topological polar surface area (TPSA) is 72.3 Å². The van der Waals surface area contributed by atoms with Crippen LogP contribution in [-0.2, 0) is 18.8 Å². The number of hydrogen-bond donors (Lipinski definition) is 2. The van der Waals surface area contributed by atoms with E-state index in [1.807, 2.05) is 6.07 Å². The minimum Gasteiger partial charge on any atom is -0.434 e. The van der Waals surface area contributed by atoms with Gasteiger partial charge < -0.3 is 14.8 Å². The van der Waals surface area contributed by atoms with Crippen LogP contribution in [0.4, 0.5) is 8.78 Å². The van der Waals surface area contributed by atoms with Crippen molar-refractivity contribution in [3.8, 4) is 11.8 Å². The van der Waals surface area contributed by atoms with Crippen LogP contribution in [0.25, 0.3) is 10.9 Å². The second-order valence-corrected chi connectivity index (χ2v) is 7.18. The van der Waals surface area contributed by atoms with E-state index in [2.05, 4.69) is 11.1 Å². The summed E-state index contributed by atoms with van der Waals surface area (Å²) in [6.07, 6.45) is 1.71. The number of halogens is 2. The van der Waals surface area contributed by atoms with E-state index in [0.717, 1.165) is 22.2 Å². The molecule has 1 aromatic heterocycles. The molecule has 0 fully saturated rings. The Morgan fingerprint density at radius 3 is 2.71 bits per heavy atom. The van der Waals surface area contributed by atoms with Gasteiger partial charge in [-0.1, -0.05) is 6.07 Å². The molecule has 2 N–H and O–H groups in total. The second kappa shape index (κ2) is 6.59. The molecule has 0 saturated carbocycles. The van der Waals surface area contributed by atoms with Crippen LogP contribution < -0.4 is 4.74 Å². The van der Waals surface area contributed by atoms with E-state index < -0.39 is 12.3 Å². The number of benzene rings is 2. The number of aromatic amines is 1. The highest BCUT2D eigenvalue weighted by molar-refractivity contribution is 5.89. The van der Waals surface area contributed by atoms with Crippen molar-refractivity contribution in [1.82, 2.24) is 9.88 Å². The zero-order chi connectivity index (χ0) is 20.1. The molecule has 0 radical (unpaired) electrons. The fourth-order valence-electron chi connectivity index (χ4n) is 3.99. The van der Waals surface area contributed by atoms with E-state index >= 15 is 0 Å². The number of hydrogen-bond acceptors (Lipinski definition) is 4. The van der Waals surface area contributed by atoms with Gasteiger partial charge in [-0.3, -0.25) is 4.90 Å². The molecule has 7 heteroatoms. The Labute approximate surface area is 160 Å². The number of aryl methyl sites for hydroxylation is 1. The second-order valence-electron chi connectivity index (χ2n) is 7.18. The molecule has 0 spiro atoms. The number of nitriles is 1. The summed E-state index contributed by atoms with van der Waals surface area (Å²) in [6.45, 7) is 1.21. The van der Waals surface area contributed by atoms with Crippen molar-refractivity contribution in [2.45, 2.75) is 39.3 Å². The maximum absolute atomic E-state index is 13.1. The third-order valence-electron chi connectivity index (χ3n) is 5.37. The molecule has 4 rings (SSSR count). The van der Waals surface area contributed by atoms with E-state index in [0.29, 0.717) is 29.6 Å². The molecule has 1 aliphatic rings. The third kappa shape index (κ3) is 2.91. The van der Waals surface area contributed by atoms with Gasteiger partial charge in [-0.05, 0) is 54.8 Å². The summed E-state index contributed by atoms with van der Waals surface area (Å²) in [5.74, 6) is -0.0433. The fraction of sp³-hybridized carbons (Fsp3) is 0.286. The van der Waals surface area contributed by atoms with Gasteiger partial charge >= 0.3 is 6.61 Å². The van der Waals surface area contributed by atoms with Crippen molar-refractivity contribution in [2.24, 2.45) is 0 Å². The first kappa shape index (κ1) is 18.4. The summed E-state index contributed by atoms with van der Waals surface area (Å²) in [6, 6.07) is 10.8. The van der Waals surface area contributed by atoms with Gasteiger partial charge in [0, 0.05) is 35.8 Å².